The molecule has 56 heavy (non-hydrogen) atoms. The molecule has 0 saturated carbocycles. The summed E-state index contributed by atoms with van der Waals surface area (Å²) in [4.78, 5) is 26.9. The smallest absolute Gasteiger partial charge is 0.434 e. The van der Waals surface area contributed by atoms with Crippen LogP contribution in [0.2, 0.25) is 0 Å². The van der Waals surface area contributed by atoms with Gasteiger partial charge in [-0.05, 0) is 81.3 Å². The fourth-order valence-corrected chi connectivity index (χ4v) is 7.96. The summed E-state index contributed by atoms with van der Waals surface area (Å²) in [6, 6.07) is 29.1. The Bertz CT molecular complexity index is 2140. The Hall–Kier alpha value is -5.10. The summed E-state index contributed by atoms with van der Waals surface area (Å²) in [5.74, 6) is 1.58. The van der Waals surface area contributed by atoms with Crippen LogP contribution >= 0.6 is 0 Å². The molecular formula is C50H58O6. The van der Waals surface area contributed by atoms with Crippen molar-refractivity contribution in [3.05, 3.63) is 96.1 Å². The monoisotopic (exact) mass is 754 g/mol. The summed E-state index contributed by atoms with van der Waals surface area (Å²) in [6.07, 6.45) is 8.64. The van der Waals surface area contributed by atoms with Gasteiger partial charge in [0.05, 0.1) is 13.2 Å². The molecule has 2 unspecified atom stereocenters. The van der Waals surface area contributed by atoms with Crippen molar-refractivity contribution in [2.24, 2.45) is 11.8 Å². The summed E-state index contributed by atoms with van der Waals surface area (Å²) in [7, 11) is 0. The summed E-state index contributed by atoms with van der Waals surface area (Å²) in [5, 5.41) is 7.12. The van der Waals surface area contributed by atoms with E-state index in [1.165, 1.54) is 11.1 Å². The molecule has 0 N–H and O–H groups in total. The molecule has 0 saturated heterocycles. The second-order valence-electron chi connectivity index (χ2n) is 15.1. The first-order valence-electron chi connectivity index (χ1n) is 21.0. The second kappa shape index (κ2) is 19.2. The first kappa shape index (κ1) is 40.6. The number of hydrogen-bond donors (Lipinski definition) is 0. The number of ether oxygens (including phenoxy) is 4. The van der Waals surface area contributed by atoms with Crippen molar-refractivity contribution in [3.8, 4) is 22.6 Å². The number of carbonyl (C=O) groups is 2. The van der Waals surface area contributed by atoms with Gasteiger partial charge in [-0.2, -0.15) is 0 Å². The Morgan fingerprint density at radius 2 is 0.857 bits per heavy atom. The van der Waals surface area contributed by atoms with E-state index in [-0.39, 0.29) is 0 Å². The van der Waals surface area contributed by atoms with E-state index in [1.807, 2.05) is 36.4 Å². The van der Waals surface area contributed by atoms with Gasteiger partial charge in [0, 0.05) is 21.5 Å². The molecule has 6 aromatic carbocycles. The maximum Gasteiger partial charge on any atom is 0.513 e. The number of carbonyl (C=O) groups excluding carboxylic acids is 2. The highest BCUT2D eigenvalue weighted by molar-refractivity contribution is 6.27. The van der Waals surface area contributed by atoms with Gasteiger partial charge >= 0.3 is 12.3 Å². The Balaban J connectivity index is 1.55. The third-order valence-corrected chi connectivity index (χ3v) is 11.5. The van der Waals surface area contributed by atoms with Crippen LogP contribution in [0.3, 0.4) is 0 Å². The highest BCUT2D eigenvalue weighted by atomic mass is 16.7. The Morgan fingerprint density at radius 1 is 0.482 bits per heavy atom. The minimum Gasteiger partial charge on any atom is -0.434 e. The minimum absolute atomic E-state index is 0.299. The largest absolute Gasteiger partial charge is 0.513 e. The highest BCUT2D eigenvalue weighted by Gasteiger charge is 2.25. The number of benzene rings is 6. The topological polar surface area (TPSA) is 71.1 Å². The zero-order chi connectivity index (χ0) is 39.6. The number of rotatable bonds is 17. The van der Waals surface area contributed by atoms with Crippen molar-refractivity contribution in [3.63, 3.8) is 0 Å². The molecule has 0 amide bonds. The van der Waals surface area contributed by atoms with Gasteiger partial charge in [-0.15, -0.1) is 0 Å². The predicted molar refractivity (Wildman–Crippen MR) is 231 cm³/mol. The van der Waals surface area contributed by atoms with Crippen LogP contribution in [0, 0.1) is 11.8 Å². The molecule has 0 bridgehead atoms. The van der Waals surface area contributed by atoms with E-state index >= 15 is 0 Å². The number of hydrogen-bond acceptors (Lipinski definition) is 6. The Kier molecular flexibility index (Phi) is 13.9. The van der Waals surface area contributed by atoms with Crippen LogP contribution in [-0.2, 0) is 22.3 Å². The van der Waals surface area contributed by atoms with Gasteiger partial charge in [0.25, 0.3) is 0 Å². The lowest BCUT2D eigenvalue weighted by Crippen LogP contribution is -2.17. The lowest BCUT2D eigenvalue weighted by Gasteiger charge is -2.22. The van der Waals surface area contributed by atoms with Gasteiger partial charge in [0.1, 0.15) is 11.5 Å². The van der Waals surface area contributed by atoms with Crippen LogP contribution in [0.25, 0.3) is 54.2 Å². The van der Waals surface area contributed by atoms with E-state index in [0.717, 1.165) is 118 Å². The van der Waals surface area contributed by atoms with Crippen molar-refractivity contribution in [2.75, 3.05) is 13.2 Å². The van der Waals surface area contributed by atoms with Crippen LogP contribution in [0.4, 0.5) is 9.59 Å². The third kappa shape index (κ3) is 8.80. The van der Waals surface area contributed by atoms with Gasteiger partial charge in [-0.25, -0.2) is 9.59 Å². The average Bonchev–Trinajstić information content (AvgIpc) is 3.23. The molecule has 294 valence electrons. The summed E-state index contributed by atoms with van der Waals surface area (Å²) >= 11 is 0. The third-order valence-electron chi connectivity index (χ3n) is 11.5. The molecular weight excluding hydrogens is 697 g/mol. The van der Waals surface area contributed by atoms with Gasteiger partial charge in [0.15, 0.2) is 0 Å². The summed E-state index contributed by atoms with van der Waals surface area (Å²) in [6.45, 7) is 13.6. The first-order valence-corrected chi connectivity index (χ1v) is 21.0. The summed E-state index contributed by atoms with van der Waals surface area (Å²) in [5.41, 5.74) is 4.39. The van der Waals surface area contributed by atoms with E-state index < -0.39 is 12.3 Å². The van der Waals surface area contributed by atoms with Gasteiger partial charge in [-0.3, -0.25) is 0 Å². The van der Waals surface area contributed by atoms with E-state index in [1.54, 1.807) is 0 Å². The zero-order valence-corrected chi connectivity index (χ0v) is 34.2. The van der Waals surface area contributed by atoms with Crippen LogP contribution in [-0.4, -0.2) is 25.5 Å². The van der Waals surface area contributed by atoms with Crippen molar-refractivity contribution >= 4 is 55.4 Å². The molecule has 0 aliphatic heterocycles. The molecule has 6 aromatic rings. The molecule has 0 fully saturated rings. The highest BCUT2D eigenvalue weighted by Crippen LogP contribution is 2.50. The van der Waals surface area contributed by atoms with Crippen LogP contribution in [0.1, 0.15) is 104 Å². The maximum absolute atomic E-state index is 13.5. The minimum atomic E-state index is -0.689. The quantitative estimate of drug-likeness (QED) is 0.0524. The van der Waals surface area contributed by atoms with Gasteiger partial charge < -0.3 is 18.9 Å². The van der Waals surface area contributed by atoms with Gasteiger partial charge in [0.2, 0.25) is 0 Å². The normalized spacial score (nSPS) is 12.6. The standard InChI is InChI=1S/C50H58O6/c1-7-13-19-35(11-5)31-53-49(51)55-47-39-23-17-15-21-37(39)45(43-29-33(9-3)25-27-41(43)47)46-38-22-16-18-24-40(38)48(42-28-26-34(10-4)30-44(42)46)56-50(52)54-32-36(12-6)20-14-8-2/h15-18,21-30,35-36H,7-14,19-20,31-32H2,1-6H3. The number of unbranched alkanes of at least 4 members (excludes halogenated alkanes) is 2. The van der Waals surface area contributed by atoms with Crippen molar-refractivity contribution in [1.82, 2.24) is 0 Å². The molecule has 0 spiro atoms. The second-order valence-corrected chi connectivity index (χ2v) is 15.1. The molecule has 6 nitrogen and oxygen atoms in total. The number of fused-ring (bicyclic) bond motifs is 4. The Morgan fingerprint density at radius 3 is 1.21 bits per heavy atom. The predicted octanol–water partition coefficient (Wildman–Crippen LogP) is 14.6. The Labute approximate surface area is 332 Å². The van der Waals surface area contributed by atoms with Crippen molar-refractivity contribution in [1.29, 1.82) is 0 Å². The van der Waals surface area contributed by atoms with E-state index in [0.29, 0.717) is 36.5 Å². The van der Waals surface area contributed by atoms with Gasteiger partial charge in [-0.1, -0.05) is 165 Å². The van der Waals surface area contributed by atoms with Crippen LogP contribution in [0.15, 0.2) is 84.9 Å². The molecule has 0 aliphatic carbocycles. The lowest BCUT2D eigenvalue weighted by atomic mass is 9.84. The van der Waals surface area contributed by atoms with Crippen LogP contribution in [0.5, 0.6) is 11.5 Å². The van der Waals surface area contributed by atoms with Crippen LogP contribution < -0.4 is 9.47 Å². The fraction of sp³-hybridized carbons (Fsp3) is 0.400. The van der Waals surface area contributed by atoms with Crippen molar-refractivity contribution < 1.29 is 28.5 Å². The number of aryl methyl sites for hydroxylation is 2. The van der Waals surface area contributed by atoms with E-state index in [4.69, 9.17) is 18.9 Å². The van der Waals surface area contributed by atoms with Crippen molar-refractivity contribution in [2.45, 2.75) is 106 Å². The molecule has 6 heteroatoms. The maximum atomic E-state index is 13.5. The molecule has 0 radical (unpaired) electrons. The molecule has 6 rings (SSSR count). The lowest BCUT2D eigenvalue weighted by molar-refractivity contribution is 0.0811. The average molecular weight is 755 g/mol. The van der Waals surface area contributed by atoms with E-state index in [9.17, 15) is 9.59 Å². The molecule has 0 aliphatic rings. The SMILES string of the molecule is CCCCC(CC)COC(=O)Oc1c2ccccc2c(-c2c3ccccc3c(OC(=O)OCC(CC)CCCC)c3ccc(CC)cc23)c2cc(CC)ccc12. The first-order chi connectivity index (χ1) is 27.3. The fourth-order valence-electron chi connectivity index (χ4n) is 7.96. The molecule has 0 heterocycles. The zero-order valence-electron chi connectivity index (χ0n) is 34.2. The van der Waals surface area contributed by atoms with E-state index in [2.05, 4.69) is 90.1 Å². The molecule has 0 aromatic heterocycles. The summed E-state index contributed by atoms with van der Waals surface area (Å²) < 4.78 is 24.0. The molecule has 2 atom stereocenters.